The first-order valence-corrected chi connectivity index (χ1v) is 5.91. The first-order chi connectivity index (χ1) is 8.26. The van der Waals surface area contributed by atoms with Crippen molar-refractivity contribution in [2.45, 2.75) is 32.6 Å². The number of nitrogens with zero attached hydrogens (tertiary/aromatic N) is 1. The summed E-state index contributed by atoms with van der Waals surface area (Å²) >= 11 is 0. The van der Waals surface area contributed by atoms with E-state index in [1.807, 2.05) is 6.07 Å². The van der Waals surface area contributed by atoms with Crippen LogP contribution < -0.4 is 9.47 Å². The van der Waals surface area contributed by atoms with E-state index in [9.17, 15) is 5.26 Å². The molecule has 92 valence electrons. The molecule has 0 unspecified atom stereocenters. The molecule has 0 saturated carbocycles. The quantitative estimate of drug-likeness (QED) is 0.708. The van der Waals surface area contributed by atoms with E-state index in [0.29, 0.717) is 11.3 Å². The van der Waals surface area contributed by atoms with E-state index in [1.165, 1.54) is 12.8 Å². The number of hydrogen-bond acceptors (Lipinski definition) is 3. The molecule has 0 heterocycles. The van der Waals surface area contributed by atoms with E-state index in [2.05, 4.69) is 13.0 Å². The lowest BCUT2D eigenvalue weighted by molar-refractivity contribution is 0.392. The molecule has 0 bridgehead atoms. The normalized spacial score (nSPS) is 9.76. The first-order valence-electron chi connectivity index (χ1n) is 5.91. The Balaban J connectivity index is 3.03. The predicted molar refractivity (Wildman–Crippen MR) is 67.5 cm³/mol. The summed E-state index contributed by atoms with van der Waals surface area (Å²) in [4.78, 5) is 0. The molecule has 0 N–H and O–H groups in total. The average molecular weight is 233 g/mol. The molecule has 17 heavy (non-hydrogen) atoms. The fourth-order valence-corrected chi connectivity index (χ4v) is 1.81. The maximum absolute atomic E-state index is 9.18. The summed E-state index contributed by atoms with van der Waals surface area (Å²) in [6.45, 7) is 2.16. The maximum atomic E-state index is 9.18. The second-order valence-electron chi connectivity index (χ2n) is 3.93. The van der Waals surface area contributed by atoms with Crippen LogP contribution in [0.2, 0.25) is 0 Å². The number of rotatable bonds is 6. The van der Waals surface area contributed by atoms with Crippen molar-refractivity contribution in [3.8, 4) is 17.6 Å². The number of methoxy groups -OCH3 is 2. The van der Waals surface area contributed by atoms with Crippen LogP contribution >= 0.6 is 0 Å². The van der Waals surface area contributed by atoms with Gasteiger partial charge in [0.2, 0.25) is 0 Å². The van der Waals surface area contributed by atoms with Crippen LogP contribution in [0, 0.1) is 11.3 Å². The van der Waals surface area contributed by atoms with Crippen LogP contribution in [0.3, 0.4) is 0 Å². The fraction of sp³-hybridized carbons (Fsp3) is 0.500. The van der Waals surface area contributed by atoms with Gasteiger partial charge in [0.05, 0.1) is 19.8 Å². The monoisotopic (exact) mass is 233 g/mol. The maximum Gasteiger partial charge on any atom is 0.140 e. The topological polar surface area (TPSA) is 42.2 Å². The Bertz CT molecular complexity index is 407. The van der Waals surface area contributed by atoms with Gasteiger partial charge in [0.1, 0.15) is 17.6 Å². The Kier molecular flexibility index (Phi) is 5.35. The minimum Gasteiger partial charge on any atom is -0.497 e. The molecule has 3 nitrogen and oxygen atoms in total. The summed E-state index contributed by atoms with van der Waals surface area (Å²) in [7, 11) is 3.20. The smallest absolute Gasteiger partial charge is 0.140 e. The van der Waals surface area contributed by atoms with Crippen molar-refractivity contribution in [1.82, 2.24) is 0 Å². The third-order valence-corrected chi connectivity index (χ3v) is 2.77. The molecule has 1 aromatic rings. The van der Waals surface area contributed by atoms with Crippen molar-refractivity contribution in [3.63, 3.8) is 0 Å². The molecule has 0 amide bonds. The van der Waals surface area contributed by atoms with Crippen LogP contribution in [0.5, 0.6) is 11.5 Å². The summed E-state index contributed by atoms with van der Waals surface area (Å²) in [5.74, 6) is 1.34. The van der Waals surface area contributed by atoms with Gasteiger partial charge in [-0.25, -0.2) is 0 Å². The lowest BCUT2D eigenvalue weighted by Gasteiger charge is -2.11. The van der Waals surface area contributed by atoms with Gasteiger partial charge in [0.15, 0.2) is 0 Å². The molecule has 0 aliphatic carbocycles. The molecular formula is C14H19NO2. The van der Waals surface area contributed by atoms with Crippen molar-refractivity contribution < 1.29 is 9.47 Å². The lowest BCUT2D eigenvalue weighted by Crippen LogP contribution is -1.97. The second-order valence-corrected chi connectivity index (χ2v) is 3.93. The molecule has 0 atom stereocenters. The van der Waals surface area contributed by atoms with E-state index in [4.69, 9.17) is 9.47 Å². The number of unbranched alkanes of at least 4 members (excludes halogenated alkanes) is 2. The van der Waals surface area contributed by atoms with E-state index in [-0.39, 0.29) is 0 Å². The molecule has 1 rings (SSSR count). The van der Waals surface area contributed by atoms with Gasteiger partial charge in [-0.2, -0.15) is 5.26 Å². The van der Waals surface area contributed by atoms with E-state index < -0.39 is 0 Å². The molecule has 0 saturated heterocycles. The van der Waals surface area contributed by atoms with Crippen molar-refractivity contribution in [2.75, 3.05) is 14.2 Å². The highest BCUT2D eigenvalue weighted by Crippen LogP contribution is 2.29. The molecule has 0 radical (unpaired) electrons. The van der Waals surface area contributed by atoms with Crippen LogP contribution in [-0.4, -0.2) is 14.2 Å². The van der Waals surface area contributed by atoms with E-state index >= 15 is 0 Å². The largest absolute Gasteiger partial charge is 0.497 e. The van der Waals surface area contributed by atoms with Gasteiger partial charge >= 0.3 is 0 Å². The van der Waals surface area contributed by atoms with Crippen LogP contribution in [0.15, 0.2) is 12.1 Å². The van der Waals surface area contributed by atoms with Gasteiger partial charge in [-0.1, -0.05) is 19.8 Å². The Morgan fingerprint density at radius 1 is 1.18 bits per heavy atom. The van der Waals surface area contributed by atoms with Gasteiger partial charge in [-0.15, -0.1) is 0 Å². The Morgan fingerprint density at radius 3 is 2.47 bits per heavy atom. The van der Waals surface area contributed by atoms with Gasteiger partial charge in [0.25, 0.3) is 0 Å². The average Bonchev–Trinajstić information content (AvgIpc) is 2.37. The molecule has 0 aliphatic heterocycles. The van der Waals surface area contributed by atoms with Gasteiger partial charge in [-0.05, 0) is 24.5 Å². The van der Waals surface area contributed by atoms with Crippen LogP contribution in [0.1, 0.15) is 37.3 Å². The van der Waals surface area contributed by atoms with Crippen LogP contribution in [0.25, 0.3) is 0 Å². The highest BCUT2D eigenvalue weighted by Gasteiger charge is 2.11. The molecule has 3 heteroatoms. The molecule has 0 fully saturated rings. The zero-order valence-electron chi connectivity index (χ0n) is 10.7. The number of benzene rings is 1. The summed E-state index contributed by atoms with van der Waals surface area (Å²) in [6.07, 6.45) is 4.32. The van der Waals surface area contributed by atoms with Crippen molar-refractivity contribution in [3.05, 3.63) is 23.3 Å². The minimum absolute atomic E-state index is 0.596. The summed E-state index contributed by atoms with van der Waals surface area (Å²) < 4.78 is 10.4. The van der Waals surface area contributed by atoms with Crippen LogP contribution in [-0.2, 0) is 6.42 Å². The van der Waals surface area contributed by atoms with Gasteiger partial charge < -0.3 is 9.47 Å². The third kappa shape index (κ3) is 3.39. The van der Waals surface area contributed by atoms with Crippen LogP contribution in [0.4, 0.5) is 0 Å². The lowest BCUT2D eigenvalue weighted by atomic mass is 10.0. The molecule has 0 aliphatic rings. The van der Waals surface area contributed by atoms with Crippen molar-refractivity contribution in [2.24, 2.45) is 0 Å². The number of ether oxygens (including phenoxy) is 2. The Hall–Kier alpha value is -1.69. The van der Waals surface area contributed by atoms with Crippen molar-refractivity contribution in [1.29, 1.82) is 5.26 Å². The highest BCUT2D eigenvalue weighted by molar-refractivity contribution is 5.53. The standard InChI is InChI=1S/C14H19NO2/c1-4-5-6-7-11-8-12(16-2)9-14(17-3)13(11)10-15/h8-9H,4-7H2,1-3H3. The first kappa shape index (κ1) is 13.4. The van der Waals surface area contributed by atoms with E-state index in [0.717, 1.165) is 24.2 Å². The molecule has 0 spiro atoms. The predicted octanol–water partition coefficient (Wildman–Crippen LogP) is 3.31. The van der Waals surface area contributed by atoms with Crippen molar-refractivity contribution >= 4 is 0 Å². The fourth-order valence-electron chi connectivity index (χ4n) is 1.81. The third-order valence-electron chi connectivity index (χ3n) is 2.77. The minimum atomic E-state index is 0.596. The Labute approximate surface area is 103 Å². The van der Waals surface area contributed by atoms with Gasteiger partial charge in [-0.3, -0.25) is 0 Å². The SMILES string of the molecule is CCCCCc1cc(OC)cc(OC)c1C#N. The Morgan fingerprint density at radius 2 is 1.94 bits per heavy atom. The highest BCUT2D eigenvalue weighted by atomic mass is 16.5. The zero-order valence-corrected chi connectivity index (χ0v) is 10.7. The molecular weight excluding hydrogens is 214 g/mol. The molecule has 0 aromatic heterocycles. The number of nitriles is 1. The summed E-state index contributed by atoms with van der Waals surface area (Å²) in [5.41, 5.74) is 1.64. The van der Waals surface area contributed by atoms with Gasteiger partial charge in [0, 0.05) is 6.07 Å². The number of aryl methyl sites for hydroxylation is 1. The van der Waals surface area contributed by atoms with E-state index in [1.54, 1.807) is 20.3 Å². The summed E-state index contributed by atoms with van der Waals surface area (Å²) in [5, 5.41) is 9.18. The zero-order chi connectivity index (χ0) is 12.7. The molecule has 1 aromatic carbocycles. The second kappa shape index (κ2) is 6.80. The summed E-state index contributed by atoms with van der Waals surface area (Å²) in [6, 6.07) is 5.89. The number of hydrogen-bond donors (Lipinski definition) is 0.